The number of nitrogens with two attached hydrogens (primary N) is 2. The van der Waals surface area contributed by atoms with Crippen molar-refractivity contribution in [3.05, 3.63) is 23.0 Å². The second-order valence-electron chi connectivity index (χ2n) is 3.20. The van der Waals surface area contributed by atoms with Crippen molar-refractivity contribution < 1.29 is 9.59 Å². The molecule has 0 radical (unpaired) electrons. The van der Waals surface area contributed by atoms with Crippen molar-refractivity contribution in [3.8, 4) is 0 Å². The Morgan fingerprint density at radius 1 is 1.33 bits per heavy atom. The lowest BCUT2D eigenvalue weighted by molar-refractivity contribution is -0.114. The standard InChI is InChI=1S/C8H9N5O2/c9-7(14)6-4-3-13(8(10)15)2-1-5(4)11-12-6/h1H,2-3H2,(H2,9,14)(H2,10,15). The molecule has 0 aliphatic carbocycles. The molecule has 2 aliphatic heterocycles. The van der Waals surface area contributed by atoms with Gasteiger partial charge in [-0.3, -0.25) is 4.79 Å². The molecule has 0 fully saturated rings. The van der Waals surface area contributed by atoms with Gasteiger partial charge in [-0.1, -0.05) is 0 Å². The molecule has 0 bridgehead atoms. The van der Waals surface area contributed by atoms with Crippen molar-refractivity contribution in [3.63, 3.8) is 0 Å². The first-order valence-electron chi connectivity index (χ1n) is 4.29. The van der Waals surface area contributed by atoms with Crippen LogP contribution in [0, 0.1) is 0 Å². The van der Waals surface area contributed by atoms with Crippen molar-refractivity contribution in [2.45, 2.75) is 0 Å². The Morgan fingerprint density at radius 3 is 2.67 bits per heavy atom. The molecule has 78 valence electrons. The lowest BCUT2D eigenvalue weighted by atomic mass is 10.1. The summed E-state index contributed by atoms with van der Waals surface area (Å²) in [4.78, 5) is 23.3. The van der Waals surface area contributed by atoms with Crippen LogP contribution in [0.1, 0.15) is 0 Å². The minimum Gasteiger partial charge on any atom is -0.364 e. The van der Waals surface area contributed by atoms with E-state index in [0.717, 1.165) is 0 Å². The number of nitrogens with zero attached hydrogens (tertiary/aromatic N) is 3. The number of hydrogen-bond donors (Lipinski definition) is 2. The molecule has 2 rings (SSSR count). The molecule has 0 saturated heterocycles. The molecule has 0 saturated carbocycles. The van der Waals surface area contributed by atoms with Crippen molar-refractivity contribution in [2.75, 3.05) is 13.1 Å². The Labute approximate surface area is 85.1 Å². The van der Waals surface area contributed by atoms with Gasteiger partial charge in [-0.15, -0.1) is 5.11 Å². The Morgan fingerprint density at radius 2 is 2.07 bits per heavy atom. The molecule has 0 unspecified atom stereocenters. The van der Waals surface area contributed by atoms with Crippen LogP contribution in [-0.4, -0.2) is 29.9 Å². The van der Waals surface area contributed by atoms with Crippen LogP contribution in [0.15, 0.2) is 33.3 Å². The second kappa shape index (κ2) is 3.19. The highest BCUT2D eigenvalue weighted by molar-refractivity contribution is 5.94. The molecular formula is C8H9N5O2. The Hall–Kier alpha value is -2.18. The third kappa shape index (κ3) is 1.47. The van der Waals surface area contributed by atoms with Crippen LogP contribution in [0.5, 0.6) is 0 Å². The summed E-state index contributed by atoms with van der Waals surface area (Å²) in [5.41, 5.74) is 11.5. The summed E-state index contributed by atoms with van der Waals surface area (Å²) in [6.07, 6.45) is 1.68. The maximum atomic E-state index is 11.0. The number of amides is 3. The lowest BCUT2D eigenvalue weighted by Crippen LogP contribution is -2.39. The van der Waals surface area contributed by atoms with Gasteiger partial charge in [0.05, 0.1) is 12.2 Å². The molecular weight excluding hydrogens is 198 g/mol. The minimum atomic E-state index is -0.650. The molecule has 3 amide bonds. The van der Waals surface area contributed by atoms with Gasteiger partial charge in [0.1, 0.15) is 0 Å². The molecule has 15 heavy (non-hydrogen) atoms. The van der Waals surface area contributed by atoms with Crippen LogP contribution in [-0.2, 0) is 4.79 Å². The zero-order chi connectivity index (χ0) is 11.0. The Balaban J connectivity index is 2.36. The molecule has 0 spiro atoms. The SMILES string of the molecule is NC(=O)C1=C2CN(C(N)=O)CC=C2N=N1. The van der Waals surface area contributed by atoms with Gasteiger partial charge in [0.25, 0.3) is 5.91 Å². The van der Waals surface area contributed by atoms with Gasteiger partial charge >= 0.3 is 6.03 Å². The number of hydrogen-bond acceptors (Lipinski definition) is 4. The highest BCUT2D eigenvalue weighted by atomic mass is 16.2. The summed E-state index contributed by atoms with van der Waals surface area (Å²) < 4.78 is 0. The van der Waals surface area contributed by atoms with Crippen LogP contribution < -0.4 is 11.5 Å². The van der Waals surface area contributed by atoms with E-state index in [4.69, 9.17) is 11.5 Å². The maximum absolute atomic E-state index is 11.0. The van der Waals surface area contributed by atoms with Gasteiger partial charge in [0, 0.05) is 12.1 Å². The van der Waals surface area contributed by atoms with Crippen molar-refractivity contribution in [1.29, 1.82) is 0 Å². The first kappa shape index (κ1) is 9.38. The van der Waals surface area contributed by atoms with E-state index in [2.05, 4.69) is 10.2 Å². The number of fused-ring (bicyclic) bond motifs is 1. The minimum absolute atomic E-state index is 0.104. The molecule has 2 aliphatic rings. The highest BCUT2D eigenvalue weighted by Crippen LogP contribution is 2.28. The van der Waals surface area contributed by atoms with Crippen LogP contribution in [0.3, 0.4) is 0 Å². The van der Waals surface area contributed by atoms with Crippen molar-refractivity contribution in [2.24, 2.45) is 21.7 Å². The number of urea groups is 1. The fourth-order valence-corrected chi connectivity index (χ4v) is 1.48. The Bertz CT molecular complexity index is 434. The third-order valence-electron chi connectivity index (χ3n) is 2.25. The smallest absolute Gasteiger partial charge is 0.315 e. The number of carbonyl (C=O) groups excluding carboxylic acids is 2. The zero-order valence-corrected chi connectivity index (χ0v) is 7.80. The molecule has 0 aromatic carbocycles. The number of carbonyl (C=O) groups is 2. The van der Waals surface area contributed by atoms with E-state index in [1.54, 1.807) is 6.08 Å². The molecule has 2 heterocycles. The van der Waals surface area contributed by atoms with Crippen LogP contribution in [0.25, 0.3) is 0 Å². The summed E-state index contributed by atoms with van der Waals surface area (Å²) >= 11 is 0. The summed E-state index contributed by atoms with van der Waals surface area (Å²) in [6.45, 7) is 0.603. The molecule has 7 heteroatoms. The van der Waals surface area contributed by atoms with E-state index in [0.29, 0.717) is 17.8 Å². The van der Waals surface area contributed by atoms with E-state index >= 15 is 0 Å². The molecule has 7 nitrogen and oxygen atoms in total. The molecule has 0 aromatic heterocycles. The predicted octanol–water partition coefficient (Wildman–Crippen LogP) is -0.530. The van der Waals surface area contributed by atoms with Crippen molar-refractivity contribution >= 4 is 11.9 Å². The topological polar surface area (TPSA) is 114 Å². The number of rotatable bonds is 1. The highest BCUT2D eigenvalue weighted by Gasteiger charge is 2.27. The average Bonchev–Trinajstić information content (AvgIpc) is 2.59. The van der Waals surface area contributed by atoms with Gasteiger partial charge in [-0.05, 0) is 6.08 Å². The van der Waals surface area contributed by atoms with Gasteiger partial charge < -0.3 is 16.4 Å². The normalized spacial score (nSPS) is 18.9. The van der Waals surface area contributed by atoms with Gasteiger partial charge in [0.2, 0.25) is 0 Å². The summed E-state index contributed by atoms with van der Waals surface area (Å²) in [6, 6.07) is -0.548. The fraction of sp³-hybridized carbons (Fsp3) is 0.250. The quantitative estimate of drug-likeness (QED) is 0.601. The zero-order valence-electron chi connectivity index (χ0n) is 7.80. The van der Waals surface area contributed by atoms with E-state index in [-0.39, 0.29) is 12.2 Å². The summed E-state index contributed by atoms with van der Waals surface area (Å²) in [5, 5.41) is 7.44. The second-order valence-corrected chi connectivity index (χ2v) is 3.20. The van der Waals surface area contributed by atoms with Crippen molar-refractivity contribution in [1.82, 2.24) is 4.90 Å². The largest absolute Gasteiger partial charge is 0.364 e. The lowest BCUT2D eigenvalue weighted by Gasteiger charge is -2.23. The van der Waals surface area contributed by atoms with Crippen LogP contribution in [0.4, 0.5) is 4.79 Å². The van der Waals surface area contributed by atoms with Crippen LogP contribution >= 0.6 is 0 Å². The Kier molecular flexibility index (Phi) is 2.00. The van der Waals surface area contributed by atoms with E-state index in [1.165, 1.54) is 4.90 Å². The van der Waals surface area contributed by atoms with E-state index in [1.807, 2.05) is 0 Å². The van der Waals surface area contributed by atoms with E-state index < -0.39 is 11.9 Å². The molecule has 4 N–H and O–H groups in total. The van der Waals surface area contributed by atoms with Gasteiger partial charge in [-0.2, -0.15) is 5.11 Å². The third-order valence-corrected chi connectivity index (χ3v) is 2.25. The number of azo groups is 1. The molecule has 0 aromatic rings. The maximum Gasteiger partial charge on any atom is 0.315 e. The molecule has 0 atom stereocenters. The first-order chi connectivity index (χ1) is 7.09. The first-order valence-corrected chi connectivity index (χ1v) is 4.29. The average molecular weight is 207 g/mol. The monoisotopic (exact) mass is 207 g/mol. The number of primary amides is 2. The van der Waals surface area contributed by atoms with E-state index in [9.17, 15) is 9.59 Å². The van der Waals surface area contributed by atoms with Gasteiger partial charge in [0.15, 0.2) is 5.70 Å². The summed E-state index contributed by atoms with van der Waals surface area (Å²) in [7, 11) is 0. The summed E-state index contributed by atoms with van der Waals surface area (Å²) in [5.74, 6) is -0.650. The van der Waals surface area contributed by atoms with Gasteiger partial charge in [-0.25, -0.2) is 4.79 Å². The van der Waals surface area contributed by atoms with Crippen LogP contribution in [0.2, 0.25) is 0 Å². The predicted molar refractivity (Wildman–Crippen MR) is 50.3 cm³/mol. The fourth-order valence-electron chi connectivity index (χ4n) is 1.48.